The number of ether oxygens (including phenoxy) is 1. The lowest BCUT2D eigenvalue weighted by atomic mass is 10.1. The topological polar surface area (TPSA) is 59.7 Å². The van der Waals surface area contributed by atoms with Crippen LogP contribution in [-0.2, 0) is 0 Å². The zero-order valence-corrected chi connectivity index (χ0v) is 7.77. The van der Waals surface area contributed by atoms with Crippen LogP contribution in [-0.4, -0.2) is 11.7 Å². The number of aliphatic hydroxyl groups is 1. The van der Waals surface area contributed by atoms with Gasteiger partial charge in [-0.1, -0.05) is 12.1 Å². The first-order valence-electron chi connectivity index (χ1n) is 4.64. The summed E-state index contributed by atoms with van der Waals surface area (Å²) < 4.78 is 10.4. The van der Waals surface area contributed by atoms with Gasteiger partial charge in [0.05, 0.1) is 5.39 Å². The standard InChI is InChI=1S/C11H8O4/c12-7-5-14-10-6-3-1-2-4-8(6)15-11(13)9(7)10/h1-4,7,12H,5H2/t7-/m1/s1. The zero-order chi connectivity index (χ0) is 10.4. The van der Waals surface area contributed by atoms with E-state index in [4.69, 9.17) is 9.15 Å². The first-order valence-corrected chi connectivity index (χ1v) is 4.64. The molecular formula is C11H8O4. The van der Waals surface area contributed by atoms with Gasteiger partial charge in [-0.15, -0.1) is 0 Å². The van der Waals surface area contributed by atoms with Crippen molar-refractivity contribution in [1.82, 2.24) is 0 Å². The van der Waals surface area contributed by atoms with E-state index in [1.165, 1.54) is 0 Å². The molecule has 1 N–H and O–H groups in total. The third kappa shape index (κ3) is 1.08. The highest BCUT2D eigenvalue weighted by atomic mass is 16.5. The normalized spacial score (nSPS) is 18.9. The second-order valence-corrected chi connectivity index (χ2v) is 3.46. The summed E-state index contributed by atoms with van der Waals surface area (Å²) in [6, 6.07) is 7.11. The van der Waals surface area contributed by atoms with E-state index < -0.39 is 11.7 Å². The van der Waals surface area contributed by atoms with E-state index in [2.05, 4.69) is 0 Å². The van der Waals surface area contributed by atoms with Crippen LogP contribution in [0.25, 0.3) is 11.0 Å². The van der Waals surface area contributed by atoms with Crippen LogP contribution < -0.4 is 10.4 Å². The van der Waals surface area contributed by atoms with Gasteiger partial charge in [0.2, 0.25) is 0 Å². The van der Waals surface area contributed by atoms with E-state index in [0.29, 0.717) is 11.3 Å². The van der Waals surface area contributed by atoms with E-state index >= 15 is 0 Å². The van der Waals surface area contributed by atoms with Crippen molar-refractivity contribution in [3.8, 4) is 5.75 Å². The van der Waals surface area contributed by atoms with Crippen LogP contribution in [0.1, 0.15) is 11.7 Å². The van der Waals surface area contributed by atoms with Crippen LogP contribution in [0, 0.1) is 0 Å². The fraction of sp³-hybridized carbons (Fsp3) is 0.182. The summed E-state index contributed by atoms with van der Waals surface area (Å²) in [5, 5.41) is 10.3. The first-order chi connectivity index (χ1) is 7.27. The predicted molar refractivity (Wildman–Crippen MR) is 52.9 cm³/mol. The smallest absolute Gasteiger partial charge is 0.346 e. The van der Waals surface area contributed by atoms with Gasteiger partial charge in [-0.25, -0.2) is 4.79 Å². The Labute approximate surface area is 84.7 Å². The molecule has 0 radical (unpaired) electrons. The number of aliphatic hydroxyl groups excluding tert-OH is 1. The number of hydrogen-bond acceptors (Lipinski definition) is 4. The number of rotatable bonds is 0. The molecule has 0 saturated heterocycles. The van der Waals surface area contributed by atoms with E-state index in [0.717, 1.165) is 5.39 Å². The maximum absolute atomic E-state index is 11.5. The Morgan fingerprint density at radius 1 is 1.33 bits per heavy atom. The summed E-state index contributed by atoms with van der Waals surface area (Å²) in [4.78, 5) is 11.5. The van der Waals surface area contributed by atoms with Crippen LogP contribution >= 0.6 is 0 Å². The molecule has 0 spiro atoms. The maximum Gasteiger partial charge on any atom is 0.346 e. The Kier molecular flexibility index (Phi) is 1.61. The first kappa shape index (κ1) is 8.49. The lowest BCUT2D eigenvalue weighted by Gasteiger charge is -2.02. The van der Waals surface area contributed by atoms with Crippen molar-refractivity contribution in [2.45, 2.75) is 6.10 Å². The van der Waals surface area contributed by atoms with Crippen molar-refractivity contribution in [2.24, 2.45) is 0 Å². The molecule has 1 aromatic heterocycles. The van der Waals surface area contributed by atoms with Crippen molar-refractivity contribution in [3.63, 3.8) is 0 Å². The minimum absolute atomic E-state index is 0.119. The van der Waals surface area contributed by atoms with Crippen LogP contribution in [0.3, 0.4) is 0 Å². The van der Waals surface area contributed by atoms with Gasteiger partial charge in [0, 0.05) is 0 Å². The SMILES string of the molecule is O=c1oc2ccccc2c2c1[C@H](O)CO2. The summed E-state index contributed by atoms with van der Waals surface area (Å²) in [5.74, 6) is 0.453. The third-order valence-electron chi connectivity index (χ3n) is 2.52. The van der Waals surface area contributed by atoms with Crippen LogP contribution in [0.4, 0.5) is 0 Å². The largest absolute Gasteiger partial charge is 0.489 e. The molecule has 1 aromatic carbocycles. The summed E-state index contributed by atoms with van der Waals surface area (Å²) in [6.45, 7) is 0.119. The summed E-state index contributed by atoms with van der Waals surface area (Å²) >= 11 is 0. The molecule has 2 aromatic rings. The molecule has 2 heterocycles. The van der Waals surface area contributed by atoms with Gasteiger partial charge in [-0.05, 0) is 12.1 Å². The van der Waals surface area contributed by atoms with Crippen LogP contribution in [0.2, 0.25) is 0 Å². The minimum atomic E-state index is -0.874. The molecule has 1 aliphatic heterocycles. The fourth-order valence-corrected chi connectivity index (χ4v) is 1.82. The van der Waals surface area contributed by atoms with Crippen molar-refractivity contribution in [3.05, 3.63) is 40.2 Å². The van der Waals surface area contributed by atoms with Gasteiger partial charge in [-0.2, -0.15) is 0 Å². The molecule has 3 rings (SSSR count). The van der Waals surface area contributed by atoms with Crippen molar-refractivity contribution in [1.29, 1.82) is 0 Å². The number of hydrogen-bond donors (Lipinski definition) is 1. The summed E-state index contributed by atoms with van der Waals surface area (Å²) in [6.07, 6.45) is -0.874. The Morgan fingerprint density at radius 2 is 2.13 bits per heavy atom. The summed E-state index contributed by atoms with van der Waals surface area (Å²) in [5.41, 5.74) is 0.192. The number of fused-ring (bicyclic) bond motifs is 3. The van der Waals surface area contributed by atoms with E-state index in [-0.39, 0.29) is 12.2 Å². The lowest BCUT2D eigenvalue weighted by Crippen LogP contribution is -2.09. The lowest BCUT2D eigenvalue weighted by molar-refractivity contribution is 0.139. The third-order valence-corrected chi connectivity index (χ3v) is 2.52. The Morgan fingerprint density at radius 3 is 3.00 bits per heavy atom. The molecule has 0 amide bonds. The molecule has 0 bridgehead atoms. The van der Waals surface area contributed by atoms with Crippen LogP contribution in [0.15, 0.2) is 33.5 Å². The molecule has 4 nitrogen and oxygen atoms in total. The van der Waals surface area contributed by atoms with Gasteiger partial charge in [0.15, 0.2) is 0 Å². The van der Waals surface area contributed by atoms with Gasteiger partial charge in [0.25, 0.3) is 0 Å². The zero-order valence-electron chi connectivity index (χ0n) is 7.77. The molecule has 1 atom stereocenters. The number of para-hydroxylation sites is 1. The average molecular weight is 204 g/mol. The Balaban J connectivity index is 2.49. The highest BCUT2D eigenvalue weighted by Gasteiger charge is 2.28. The highest BCUT2D eigenvalue weighted by Crippen LogP contribution is 2.35. The average Bonchev–Trinajstić information content (AvgIpc) is 2.62. The minimum Gasteiger partial charge on any atom is -0.489 e. The molecule has 76 valence electrons. The second kappa shape index (κ2) is 2.84. The molecule has 0 aliphatic carbocycles. The van der Waals surface area contributed by atoms with E-state index in [9.17, 15) is 9.90 Å². The molecule has 15 heavy (non-hydrogen) atoms. The van der Waals surface area contributed by atoms with Crippen LogP contribution in [0.5, 0.6) is 5.75 Å². The van der Waals surface area contributed by atoms with Gasteiger partial charge in [0.1, 0.15) is 29.6 Å². The Bertz CT molecular complexity index is 585. The number of benzene rings is 1. The van der Waals surface area contributed by atoms with Gasteiger partial charge >= 0.3 is 5.63 Å². The molecule has 0 unspecified atom stereocenters. The molecule has 0 saturated carbocycles. The maximum atomic E-state index is 11.5. The highest BCUT2D eigenvalue weighted by molar-refractivity contribution is 5.84. The quantitative estimate of drug-likeness (QED) is 0.655. The van der Waals surface area contributed by atoms with Crippen molar-refractivity contribution in [2.75, 3.05) is 6.61 Å². The predicted octanol–water partition coefficient (Wildman–Crippen LogP) is 1.22. The monoisotopic (exact) mass is 204 g/mol. The summed E-state index contributed by atoms with van der Waals surface area (Å²) in [7, 11) is 0. The Hall–Kier alpha value is -1.81. The second-order valence-electron chi connectivity index (χ2n) is 3.46. The molecule has 4 heteroatoms. The van der Waals surface area contributed by atoms with E-state index in [1.807, 2.05) is 6.07 Å². The van der Waals surface area contributed by atoms with Crippen molar-refractivity contribution >= 4 is 11.0 Å². The molecular weight excluding hydrogens is 196 g/mol. The van der Waals surface area contributed by atoms with Crippen molar-refractivity contribution < 1.29 is 14.3 Å². The molecule has 0 fully saturated rings. The van der Waals surface area contributed by atoms with E-state index in [1.54, 1.807) is 18.2 Å². The van der Waals surface area contributed by atoms with Gasteiger partial charge < -0.3 is 14.3 Å². The molecule has 1 aliphatic rings. The fourth-order valence-electron chi connectivity index (χ4n) is 1.82. The van der Waals surface area contributed by atoms with Gasteiger partial charge in [-0.3, -0.25) is 0 Å².